The molecule has 1 fully saturated rings. The molecule has 2 heterocycles. The summed E-state index contributed by atoms with van der Waals surface area (Å²) in [6.07, 6.45) is 3.78. The van der Waals surface area contributed by atoms with Gasteiger partial charge in [0.1, 0.15) is 0 Å². The maximum Gasteiger partial charge on any atom is 0.335 e. The summed E-state index contributed by atoms with van der Waals surface area (Å²) in [5.41, 5.74) is 0.900. The lowest BCUT2D eigenvalue weighted by molar-refractivity contribution is -0.131. The fraction of sp³-hybridized carbons (Fsp3) is 0.350. The lowest BCUT2D eigenvalue weighted by atomic mass is 10.1. The molecule has 0 bridgehead atoms. The van der Waals surface area contributed by atoms with Crippen LogP contribution in [-0.4, -0.2) is 70.5 Å². The van der Waals surface area contributed by atoms with Gasteiger partial charge in [-0.3, -0.25) is 9.59 Å². The zero-order valence-corrected chi connectivity index (χ0v) is 16.0. The van der Waals surface area contributed by atoms with E-state index in [4.69, 9.17) is 5.11 Å². The SMILES string of the molecule is O=C(Cc1ccc(C(=O)O)cc1)NCCC(=O)N1CCN(c2ncccn2)CC1. The van der Waals surface area contributed by atoms with Crippen molar-refractivity contribution in [3.05, 3.63) is 53.9 Å². The molecule has 29 heavy (non-hydrogen) atoms. The maximum absolute atomic E-state index is 12.4. The third-order valence-corrected chi connectivity index (χ3v) is 4.69. The maximum atomic E-state index is 12.4. The number of piperazine rings is 1. The molecule has 0 atom stereocenters. The predicted molar refractivity (Wildman–Crippen MR) is 106 cm³/mol. The van der Waals surface area contributed by atoms with E-state index in [0.717, 1.165) is 5.56 Å². The molecule has 2 N–H and O–H groups in total. The van der Waals surface area contributed by atoms with Crippen molar-refractivity contribution in [2.45, 2.75) is 12.8 Å². The summed E-state index contributed by atoms with van der Waals surface area (Å²) in [7, 11) is 0. The second-order valence-corrected chi connectivity index (χ2v) is 6.70. The summed E-state index contributed by atoms with van der Waals surface area (Å²) in [4.78, 5) is 47.5. The zero-order valence-electron chi connectivity index (χ0n) is 16.0. The van der Waals surface area contributed by atoms with Gasteiger partial charge in [-0.15, -0.1) is 0 Å². The summed E-state index contributed by atoms with van der Waals surface area (Å²) in [6.45, 7) is 2.82. The highest BCUT2D eigenvalue weighted by Gasteiger charge is 2.22. The molecule has 0 radical (unpaired) electrons. The number of carboxylic acid groups (broad SMARTS) is 1. The van der Waals surface area contributed by atoms with E-state index in [9.17, 15) is 14.4 Å². The summed E-state index contributed by atoms with van der Waals surface area (Å²) in [5, 5.41) is 11.6. The quantitative estimate of drug-likeness (QED) is 0.702. The number of carbonyl (C=O) groups excluding carboxylic acids is 2. The van der Waals surface area contributed by atoms with Gasteiger partial charge in [-0.05, 0) is 23.8 Å². The largest absolute Gasteiger partial charge is 0.478 e. The number of aromatic carboxylic acids is 1. The van der Waals surface area contributed by atoms with Crippen LogP contribution in [0.2, 0.25) is 0 Å². The molecule has 2 aromatic rings. The first-order valence-electron chi connectivity index (χ1n) is 9.41. The standard InChI is InChI=1S/C20H23N5O4/c26-17(14-15-2-4-16(5-3-15)19(28)29)21-9-6-18(27)24-10-12-25(13-11-24)20-22-7-1-8-23-20/h1-5,7-8H,6,9-14H2,(H,21,26)(H,28,29). The first-order valence-corrected chi connectivity index (χ1v) is 9.41. The van der Waals surface area contributed by atoms with Gasteiger partial charge in [0.05, 0.1) is 12.0 Å². The molecule has 152 valence electrons. The van der Waals surface area contributed by atoms with Gasteiger partial charge < -0.3 is 20.2 Å². The summed E-state index contributed by atoms with van der Waals surface area (Å²) < 4.78 is 0. The van der Waals surface area contributed by atoms with Crippen LogP contribution in [0.15, 0.2) is 42.7 Å². The van der Waals surface area contributed by atoms with Gasteiger partial charge in [0.25, 0.3) is 0 Å². The van der Waals surface area contributed by atoms with Crippen LogP contribution in [0.3, 0.4) is 0 Å². The Labute approximate surface area is 168 Å². The third-order valence-electron chi connectivity index (χ3n) is 4.69. The van der Waals surface area contributed by atoms with Crippen molar-refractivity contribution in [3.63, 3.8) is 0 Å². The van der Waals surface area contributed by atoms with Crippen molar-refractivity contribution in [2.24, 2.45) is 0 Å². The van der Waals surface area contributed by atoms with Crippen LogP contribution >= 0.6 is 0 Å². The van der Waals surface area contributed by atoms with Crippen molar-refractivity contribution in [3.8, 4) is 0 Å². The monoisotopic (exact) mass is 397 g/mol. The van der Waals surface area contributed by atoms with Gasteiger partial charge in [-0.2, -0.15) is 0 Å². The Morgan fingerprint density at radius 1 is 1.00 bits per heavy atom. The van der Waals surface area contributed by atoms with E-state index < -0.39 is 5.97 Å². The number of carboxylic acids is 1. The van der Waals surface area contributed by atoms with E-state index >= 15 is 0 Å². The molecule has 9 heteroatoms. The predicted octanol–water partition coefficient (Wildman–Crippen LogP) is 0.572. The molecule has 1 aliphatic heterocycles. The smallest absolute Gasteiger partial charge is 0.335 e. The van der Waals surface area contributed by atoms with Gasteiger partial charge in [0, 0.05) is 51.5 Å². The number of anilines is 1. The molecule has 1 aliphatic rings. The van der Waals surface area contributed by atoms with Crippen molar-refractivity contribution >= 4 is 23.7 Å². The first-order chi connectivity index (χ1) is 14.0. The number of rotatable bonds is 7. The molecule has 2 amide bonds. The second kappa shape index (κ2) is 9.63. The van der Waals surface area contributed by atoms with E-state index in [2.05, 4.69) is 15.3 Å². The highest BCUT2D eigenvalue weighted by Crippen LogP contribution is 2.10. The van der Waals surface area contributed by atoms with Crippen LogP contribution in [0.5, 0.6) is 0 Å². The molecule has 1 saturated heterocycles. The molecule has 9 nitrogen and oxygen atoms in total. The highest BCUT2D eigenvalue weighted by atomic mass is 16.4. The molecular formula is C20H23N5O4. The minimum atomic E-state index is -1.00. The number of nitrogens with one attached hydrogen (secondary N) is 1. The minimum Gasteiger partial charge on any atom is -0.478 e. The average molecular weight is 397 g/mol. The Bertz CT molecular complexity index is 849. The Morgan fingerprint density at radius 3 is 2.28 bits per heavy atom. The van der Waals surface area contributed by atoms with Gasteiger partial charge in [0.2, 0.25) is 17.8 Å². The lowest BCUT2D eigenvalue weighted by Gasteiger charge is -2.34. The Hall–Kier alpha value is -3.49. The normalized spacial score (nSPS) is 13.8. The topological polar surface area (TPSA) is 116 Å². The number of hydrogen-bond acceptors (Lipinski definition) is 6. The van der Waals surface area contributed by atoms with Crippen LogP contribution in [0.1, 0.15) is 22.3 Å². The summed E-state index contributed by atoms with van der Waals surface area (Å²) >= 11 is 0. The van der Waals surface area contributed by atoms with Crippen LogP contribution in [-0.2, 0) is 16.0 Å². The fourth-order valence-corrected chi connectivity index (χ4v) is 3.09. The van der Waals surface area contributed by atoms with E-state index in [1.807, 2.05) is 4.90 Å². The Morgan fingerprint density at radius 2 is 1.66 bits per heavy atom. The Balaban J connectivity index is 1.36. The van der Waals surface area contributed by atoms with E-state index in [1.165, 1.54) is 12.1 Å². The molecule has 1 aromatic carbocycles. The van der Waals surface area contributed by atoms with Crippen LogP contribution < -0.4 is 10.2 Å². The van der Waals surface area contributed by atoms with Crippen molar-refractivity contribution < 1.29 is 19.5 Å². The van der Waals surface area contributed by atoms with E-state index in [0.29, 0.717) is 32.1 Å². The van der Waals surface area contributed by atoms with Crippen molar-refractivity contribution in [1.29, 1.82) is 0 Å². The molecule has 1 aromatic heterocycles. The number of hydrogen-bond donors (Lipinski definition) is 2. The van der Waals surface area contributed by atoms with E-state index in [-0.39, 0.29) is 36.8 Å². The van der Waals surface area contributed by atoms with Crippen LogP contribution in [0.4, 0.5) is 5.95 Å². The van der Waals surface area contributed by atoms with Gasteiger partial charge in [-0.25, -0.2) is 14.8 Å². The summed E-state index contributed by atoms with van der Waals surface area (Å²) in [5.74, 6) is -0.531. The molecular weight excluding hydrogens is 374 g/mol. The van der Waals surface area contributed by atoms with Crippen molar-refractivity contribution in [2.75, 3.05) is 37.6 Å². The number of amides is 2. The van der Waals surface area contributed by atoms with Gasteiger partial charge in [0.15, 0.2) is 0 Å². The lowest BCUT2D eigenvalue weighted by Crippen LogP contribution is -2.49. The third kappa shape index (κ3) is 5.74. The van der Waals surface area contributed by atoms with Gasteiger partial charge >= 0.3 is 5.97 Å². The minimum absolute atomic E-state index is 0.00439. The van der Waals surface area contributed by atoms with E-state index in [1.54, 1.807) is 35.5 Å². The molecule has 0 unspecified atom stereocenters. The highest BCUT2D eigenvalue weighted by molar-refractivity contribution is 5.87. The first kappa shape index (κ1) is 20.2. The second-order valence-electron chi connectivity index (χ2n) is 6.70. The van der Waals surface area contributed by atoms with Crippen LogP contribution in [0.25, 0.3) is 0 Å². The number of aromatic nitrogens is 2. The molecule has 0 spiro atoms. The van der Waals surface area contributed by atoms with Crippen molar-refractivity contribution in [1.82, 2.24) is 20.2 Å². The molecule has 0 saturated carbocycles. The molecule has 0 aliphatic carbocycles. The van der Waals surface area contributed by atoms with Crippen LogP contribution in [0, 0.1) is 0 Å². The summed E-state index contributed by atoms with van der Waals surface area (Å²) in [6, 6.07) is 7.93. The zero-order chi connectivity index (χ0) is 20.6. The average Bonchev–Trinajstić information content (AvgIpc) is 2.75. The van der Waals surface area contributed by atoms with Gasteiger partial charge in [-0.1, -0.05) is 12.1 Å². The Kier molecular flexibility index (Phi) is 6.72. The number of carbonyl (C=O) groups is 3. The fourth-order valence-electron chi connectivity index (χ4n) is 3.09. The number of benzene rings is 1. The molecule has 3 rings (SSSR count). The number of nitrogens with zero attached hydrogens (tertiary/aromatic N) is 4.